The average Bonchev–Trinajstić information content (AvgIpc) is 2.70. The van der Waals surface area contributed by atoms with Gasteiger partial charge in [-0.1, -0.05) is 86.1 Å². The first-order valence-corrected chi connectivity index (χ1v) is 11.3. The van der Waals surface area contributed by atoms with Gasteiger partial charge in [0.25, 0.3) is 0 Å². The Morgan fingerprint density at radius 1 is 0.667 bits per heavy atom. The minimum atomic E-state index is 1.04. The summed E-state index contributed by atoms with van der Waals surface area (Å²) in [6.07, 6.45) is 18.2. The number of aromatic nitrogens is 1. The molecular weight excluding hydrogens is 394 g/mol. The SMILES string of the molecule is CCCCCCCCCCCC[n+]1ccc(C#Cc2ccc(Br)cc2)cc1. The van der Waals surface area contributed by atoms with E-state index in [0.29, 0.717) is 0 Å². The van der Waals surface area contributed by atoms with Crippen LogP contribution in [-0.4, -0.2) is 0 Å². The van der Waals surface area contributed by atoms with Crippen molar-refractivity contribution in [1.29, 1.82) is 0 Å². The molecule has 1 aromatic carbocycles. The first-order chi connectivity index (χ1) is 13.3. The molecule has 0 N–H and O–H groups in total. The highest BCUT2D eigenvalue weighted by molar-refractivity contribution is 9.10. The molecule has 2 rings (SSSR count). The summed E-state index contributed by atoms with van der Waals surface area (Å²) in [4.78, 5) is 0. The number of hydrogen-bond acceptors (Lipinski definition) is 0. The number of aryl methyl sites for hydroxylation is 1. The van der Waals surface area contributed by atoms with Crippen molar-refractivity contribution in [2.45, 2.75) is 77.7 Å². The fourth-order valence-corrected chi connectivity index (χ4v) is 3.41. The van der Waals surface area contributed by atoms with Crippen LogP contribution in [0.5, 0.6) is 0 Å². The van der Waals surface area contributed by atoms with Gasteiger partial charge in [-0.05, 0) is 30.7 Å². The molecule has 1 heterocycles. The monoisotopic (exact) mass is 426 g/mol. The summed E-state index contributed by atoms with van der Waals surface area (Å²) in [5.74, 6) is 6.45. The largest absolute Gasteiger partial charge is 0.205 e. The molecule has 144 valence electrons. The van der Waals surface area contributed by atoms with Crippen LogP contribution in [0, 0.1) is 11.8 Å². The molecular formula is C25H33BrN+. The summed E-state index contributed by atoms with van der Waals surface area (Å²) < 4.78 is 3.36. The van der Waals surface area contributed by atoms with E-state index in [1.54, 1.807) is 0 Å². The van der Waals surface area contributed by atoms with E-state index in [1.807, 2.05) is 24.3 Å². The number of benzene rings is 1. The molecule has 0 spiro atoms. The van der Waals surface area contributed by atoms with E-state index >= 15 is 0 Å². The minimum Gasteiger partial charge on any atom is -0.205 e. The molecule has 27 heavy (non-hydrogen) atoms. The molecule has 0 unspecified atom stereocenters. The summed E-state index contributed by atoms with van der Waals surface area (Å²) in [6, 6.07) is 12.3. The van der Waals surface area contributed by atoms with Crippen molar-refractivity contribution < 1.29 is 4.57 Å². The minimum absolute atomic E-state index is 1.04. The average molecular weight is 427 g/mol. The third kappa shape index (κ3) is 9.78. The second-order valence-electron chi connectivity index (χ2n) is 7.26. The van der Waals surface area contributed by atoms with E-state index in [1.165, 1.54) is 64.2 Å². The molecule has 0 aliphatic rings. The number of unbranched alkanes of at least 4 members (excludes halogenated alkanes) is 9. The second kappa shape index (κ2) is 13.6. The number of rotatable bonds is 11. The maximum absolute atomic E-state index is 3.45. The quantitative estimate of drug-likeness (QED) is 0.205. The Hall–Kier alpha value is -1.59. The van der Waals surface area contributed by atoms with E-state index in [0.717, 1.165) is 22.1 Å². The van der Waals surface area contributed by atoms with E-state index < -0.39 is 0 Å². The normalized spacial score (nSPS) is 10.4. The zero-order valence-electron chi connectivity index (χ0n) is 16.7. The predicted molar refractivity (Wildman–Crippen MR) is 119 cm³/mol. The number of pyridine rings is 1. The van der Waals surface area contributed by atoms with Crippen molar-refractivity contribution in [3.8, 4) is 11.8 Å². The van der Waals surface area contributed by atoms with Crippen LogP contribution in [0.25, 0.3) is 0 Å². The Morgan fingerprint density at radius 2 is 1.15 bits per heavy atom. The van der Waals surface area contributed by atoms with Gasteiger partial charge in [-0.25, -0.2) is 4.57 Å². The highest BCUT2D eigenvalue weighted by Gasteiger charge is 2.00. The van der Waals surface area contributed by atoms with Gasteiger partial charge in [-0.15, -0.1) is 0 Å². The smallest absolute Gasteiger partial charge is 0.170 e. The Bertz CT molecular complexity index is 692. The van der Waals surface area contributed by atoms with Crippen molar-refractivity contribution in [3.05, 3.63) is 64.4 Å². The van der Waals surface area contributed by atoms with E-state index in [2.05, 4.69) is 63.8 Å². The zero-order chi connectivity index (χ0) is 19.2. The van der Waals surface area contributed by atoms with Crippen molar-refractivity contribution >= 4 is 15.9 Å². The molecule has 1 aromatic heterocycles. The summed E-state index contributed by atoms with van der Waals surface area (Å²) in [5, 5.41) is 0. The molecule has 2 heteroatoms. The van der Waals surface area contributed by atoms with E-state index in [9.17, 15) is 0 Å². The molecule has 0 radical (unpaired) electrons. The van der Waals surface area contributed by atoms with Crippen molar-refractivity contribution in [2.75, 3.05) is 0 Å². The maximum Gasteiger partial charge on any atom is 0.170 e. The lowest BCUT2D eigenvalue weighted by atomic mass is 10.1. The zero-order valence-corrected chi connectivity index (χ0v) is 18.3. The molecule has 0 bridgehead atoms. The highest BCUT2D eigenvalue weighted by atomic mass is 79.9. The van der Waals surface area contributed by atoms with Gasteiger partial charge in [0, 0.05) is 34.2 Å². The summed E-state index contributed by atoms with van der Waals surface area (Å²) >= 11 is 3.45. The third-order valence-electron chi connectivity index (χ3n) is 4.86. The van der Waals surface area contributed by atoms with Crippen LogP contribution in [-0.2, 0) is 6.54 Å². The molecule has 0 aliphatic heterocycles. The van der Waals surface area contributed by atoms with Crippen LogP contribution >= 0.6 is 15.9 Å². The van der Waals surface area contributed by atoms with E-state index in [4.69, 9.17) is 0 Å². The Balaban J connectivity index is 1.60. The van der Waals surface area contributed by atoms with Crippen LogP contribution in [0.15, 0.2) is 53.3 Å². The second-order valence-corrected chi connectivity index (χ2v) is 8.18. The standard InChI is InChI=1S/C25H33BrN/c1-2-3-4-5-6-7-8-9-10-11-20-27-21-18-24(19-22-27)13-12-23-14-16-25(26)17-15-23/h14-19,21-22H,2-11,20H2,1H3/q+1. The van der Waals surface area contributed by atoms with Gasteiger partial charge in [0.2, 0.25) is 0 Å². The van der Waals surface area contributed by atoms with Gasteiger partial charge >= 0.3 is 0 Å². The first-order valence-electron chi connectivity index (χ1n) is 10.5. The van der Waals surface area contributed by atoms with Crippen molar-refractivity contribution in [3.63, 3.8) is 0 Å². The molecule has 0 aliphatic carbocycles. The molecule has 1 nitrogen and oxygen atoms in total. The fraction of sp³-hybridized carbons (Fsp3) is 0.480. The van der Waals surface area contributed by atoms with Crippen molar-refractivity contribution in [1.82, 2.24) is 0 Å². The lowest BCUT2D eigenvalue weighted by molar-refractivity contribution is -0.697. The molecule has 0 atom stereocenters. The predicted octanol–water partition coefficient (Wildman–Crippen LogP) is 7.06. The van der Waals surface area contributed by atoms with E-state index in [-0.39, 0.29) is 0 Å². The van der Waals surface area contributed by atoms with Crippen LogP contribution in [0.3, 0.4) is 0 Å². The van der Waals surface area contributed by atoms with Crippen LogP contribution < -0.4 is 4.57 Å². The highest BCUT2D eigenvalue weighted by Crippen LogP contribution is 2.11. The lowest BCUT2D eigenvalue weighted by Crippen LogP contribution is -2.32. The van der Waals surface area contributed by atoms with Crippen LogP contribution in [0.1, 0.15) is 82.3 Å². The number of hydrogen-bond donors (Lipinski definition) is 0. The van der Waals surface area contributed by atoms with Gasteiger partial charge in [0.1, 0.15) is 6.54 Å². The van der Waals surface area contributed by atoms with Crippen LogP contribution in [0.4, 0.5) is 0 Å². The van der Waals surface area contributed by atoms with Crippen molar-refractivity contribution in [2.24, 2.45) is 0 Å². The summed E-state index contributed by atoms with van der Waals surface area (Å²) in [7, 11) is 0. The summed E-state index contributed by atoms with van der Waals surface area (Å²) in [6.45, 7) is 3.39. The van der Waals surface area contributed by atoms with Crippen LogP contribution in [0.2, 0.25) is 0 Å². The molecule has 0 amide bonds. The van der Waals surface area contributed by atoms with Gasteiger partial charge < -0.3 is 0 Å². The van der Waals surface area contributed by atoms with Gasteiger partial charge in [0.15, 0.2) is 12.4 Å². The number of halogens is 1. The first kappa shape index (κ1) is 21.7. The van der Waals surface area contributed by atoms with Gasteiger partial charge in [-0.2, -0.15) is 0 Å². The number of nitrogens with zero attached hydrogens (tertiary/aromatic N) is 1. The Morgan fingerprint density at radius 3 is 1.70 bits per heavy atom. The molecule has 2 aromatic rings. The maximum atomic E-state index is 3.45. The lowest BCUT2D eigenvalue weighted by Gasteiger charge is -2.01. The fourth-order valence-electron chi connectivity index (χ4n) is 3.15. The topological polar surface area (TPSA) is 3.88 Å². The van der Waals surface area contributed by atoms with Gasteiger partial charge in [0.05, 0.1) is 0 Å². The van der Waals surface area contributed by atoms with Gasteiger partial charge in [-0.3, -0.25) is 0 Å². The summed E-state index contributed by atoms with van der Waals surface area (Å²) in [5.41, 5.74) is 2.11. The molecule has 0 fully saturated rings. The molecule has 0 saturated heterocycles. The molecule has 0 saturated carbocycles. The Labute approximate surface area is 174 Å². The third-order valence-corrected chi connectivity index (χ3v) is 5.39. The Kier molecular flexibility index (Phi) is 10.9.